The third-order valence-electron chi connectivity index (χ3n) is 2.16. The molecule has 2 amide bonds. The molecule has 0 bridgehead atoms. The van der Waals surface area contributed by atoms with Gasteiger partial charge in [0.2, 0.25) is 11.8 Å². The van der Waals surface area contributed by atoms with E-state index in [0.29, 0.717) is 19.5 Å². The van der Waals surface area contributed by atoms with Gasteiger partial charge in [-0.25, -0.2) is 0 Å². The molecule has 0 spiro atoms. The Labute approximate surface area is 77.6 Å². The van der Waals surface area contributed by atoms with Crippen LogP contribution >= 0.6 is 0 Å². The molecule has 0 aromatic heterocycles. The van der Waals surface area contributed by atoms with Gasteiger partial charge < -0.3 is 10.2 Å². The Hall–Kier alpha value is -1.32. The van der Waals surface area contributed by atoms with Crippen molar-refractivity contribution in [1.29, 1.82) is 0 Å². The number of likely N-dealkylation sites (tertiary alicyclic amines) is 1. The number of amides is 2. The molecule has 0 radical (unpaired) electrons. The van der Waals surface area contributed by atoms with E-state index < -0.39 is 5.92 Å². The number of carbonyl (C=O) groups excluding carboxylic acids is 2. The molecule has 0 aromatic carbocycles. The van der Waals surface area contributed by atoms with Crippen molar-refractivity contribution in [2.45, 2.75) is 6.42 Å². The fourth-order valence-electron chi connectivity index (χ4n) is 1.36. The molecule has 1 saturated heterocycles. The van der Waals surface area contributed by atoms with Crippen LogP contribution in [0.4, 0.5) is 0 Å². The Bertz CT molecular complexity index is 238. The number of nitrogens with one attached hydrogen (secondary N) is 1. The van der Waals surface area contributed by atoms with Gasteiger partial charge in [0.05, 0.1) is 0 Å². The molecular weight excluding hydrogens is 168 g/mol. The first-order valence-electron chi connectivity index (χ1n) is 4.30. The van der Waals surface area contributed by atoms with Gasteiger partial charge in [0.1, 0.15) is 5.92 Å². The van der Waals surface area contributed by atoms with Gasteiger partial charge in [-0.1, -0.05) is 6.08 Å². The van der Waals surface area contributed by atoms with Crippen molar-refractivity contribution < 1.29 is 9.59 Å². The lowest BCUT2D eigenvalue weighted by Crippen LogP contribution is -2.35. The molecule has 0 saturated carbocycles. The third kappa shape index (κ3) is 2.08. The van der Waals surface area contributed by atoms with Crippen molar-refractivity contribution in [1.82, 2.24) is 10.2 Å². The molecular formula is C9H14N2O2. The highest BCUT2D eigenvalue weighted by atomic mass is 16.2. The minimum Gasteiger partial charge on any atom is -0.352 e. The average Bonchev–Trinajstić information content (AvgIpc) is 2.44. The maximum Gasteiger partial charge on any atom is 0.234 e. The highest BCUT2D eigenvalue weighted by Gasteiger charge is 2.34. The van der Waals surface area contributed by atoms with Crippen molar-refractivity contribution >= 4 is 11.8 Å². The summed E-state index contributed by atoms with van der Waals surface area (Å²) in [5, 5.41) is 2.62. The van der Waals surface area contributed by atoms with Crippen LogP contribution in [0.1, 0.15) is 6.42 Å². The summed E-state index contributed by atoms with van der Waals surface area (Å²) in [5.41, 5.74) is 0. The first kappa shape index (κ1) is 9.77. The van der Waals surface area contributed by atoms with Crippen molar-refractivity contribution in [2.75, 3.05) is 20.1 Å². The first-order valence-corrected chi connectivity index (χ1v) is 4.30. The molecule has 1 atom stereocenters. The van der Waals surface area contributed by atoms with E-state index in [1.807, 2.05) is 0 Å². The summed E-state index contributed by atoms with van der Waals surface area (Å²) in [4.78, 5) is 24.3. The molecule has 0 aliphatic carbocycles. The Morgan fingerprint density at radius 1 is 1.85 bits per heavy atom. The van der Waals surface area contributed by atoms with Crippen LogP contribution in [0.25, 0.3) is 0 Å². The van der Waals surface area contributed by atoms with E-state index in [-0.39, 0.29) is 11.8 Å². The number of nitrogens with zero attached hydrogens (tertiary/aromatic N) is 1. The van der Waals surface area contributed by atoms with Gasteiger partial charge in [-0.3, -0.25) is 9.59 Å². The Morgan fingerprint density at radius 3 is 3.00 bits per heavy atom. The summed E-state index contributed by atoms with van der Waals surface area (Å²) in [6.45, 7) is 4.58. The van der Waals surface area contributed by atoms with Crippen LogP contribution in [0.15, 0.2) is 12.7 Å². The second-order valence-electron chi connectivity index (χ2n) is 3.13. The summed E-state index contributed by atoms with van der Waals surface area (Å²) >= 11 is 0. The Kier molecular flexibility index (Phi) is 3.06. The van der Waals surface area contributed by atoms with Gasteiger partial charge in [-0.2, -0.15) is 0 Å². The van der Waals surface area contributed by atoms with E-state index in [1.165, 1.54) is 0 Å². The summed E-state index contributed by atoms with van der Waals surface area (Å²) in [5.74, 6) is -0.749. The predicted octanol–water partition coefficient (Wildman–Crippen LogP) is -0.233. The highest BCUT2D eigenvalue weighted by Crippen LogP contribution is 2.15. The summed E-state index contributed by atoms with van der Waals surface area (Å²) in [6, 6.07) is 0. The van der Waals surface area contributed by atoms with Crippen LogP contribution < -0.4 is 5.32 Å². The Morgan fingerprint density at radius 2 is 2.54 bits per heavy atom. The van der Waals surface area contributed by atoms with Crippen molar-refractivity contribution in [3.05, 3.63) is 12.7 Å². The summed E-state index contributed by atoms with van der Waals surface area (Å²) < 4.78 is 0. The normalized spacial score (nSPS) is 21.8. The van der Waals surface area contributed by atoms with Crippen molar-refractivity contribution in [3.8, 4) is 0 Å². The van der Waals surface area contributed by atoms with Crippen molar-refractivity contribution in [3.63, 3.8) is 0 Å². The Balaban J connectivity index is 2.48. The zero-order chi connectivity index (χ0) is 9.84. The first-order chi connectivity index (χ1) is 6.16. The second-order valence-corrected chi connectivity index (χ2v) is 3.13. The lowest BCUT2D eigenvalue weighted by molar-refractivity contribution is -0.136. The summed E-state index contributed by atoms with van der Waals surface area (Å²) in [6.07, 6.45) is 2.22. The fourth-order valence-corrected chi connectivity index (χ4v) is 1.36. The van der Waals surface area contributed by atoms with Crippen LogP contribution in [-0.4, -0.2) is 36.9 Å². The lowest BCUT2D eigenvalue weighted by atomic mass is 10.1. The maximum atomic E-state index is 11.4. The van der Waals surface area contributed by atoms with Gasteiger partial charge in [0.25, 0.3) is 0 Å². The monoisotopic (exact) mass is 182 g/mol. The molecule has 1 aliphatic heterocycles. The van der Waals surface area contributed by atoms with E-state index in [4.69, 9.17) is 0 Å². The quantitative estimate of drug-likeness (QED) is 0.484. The van der Waals surface area contributed by atoms with Crippen LogP contribution in [0, 0.1) is 5.92 Å². The maximum absolute atomic E-state index is 11.4. The van der Waals surface area contributed by atoms with Gasteiger partial charge in [-0.05, 0) is 6.42 Å². The molecule has 1 rings (SSSR count). The van der Waals surface area contributed by atoms with E-state index in [1.54, 1.807) is 18.0 Å². The average molecular weight is 182 g/mol. The third-order valence-corrected chi connectivity index (χ3v) is 2.16. The SMILES string of the molecule is C=CCNC(=O)C1CCN(C)C1=O. The molecule has 13 heavy (non-hydrogen) atoms. The molecule has 1 heterocycles. The second kappa shape index (κ2) is 4.07. The largest absolute Gasteiger partial charge is 0.352 e. The minimum absolute atomic E-state index is 0.0819. The van der Waals surface area contributed by atoms with Crippen LogP contribution in [0.2, 0.25) is 0 Å². The lowest BCUT2D eigenvalue weighted by Gasteiger charge is -2.09. The van der Waals surface area contributed by atoms with Crippen LogP contribution in [-0.2, 0) is 9.59 Å². The zero-order valence-corrected chi connectivity index (χ0v) is 7.75. The standard InChI is InChI=1S/C9H14N2O2/c1-3-5-10-8(12)7-4-6-11(2)9(7)13/h3,7H,1,4-6H2,2H3,(H,10,12). The molecule has 1 aliphatic rings. The zero-order valence-electron chi connectivity index (χ0n) is 7.75. The van der Waals surface area contributed by atoms with Gasteiger partial charge in [-0.15, -0.1) is 6.58 Å². The molecule has 1 N–H and O–H groups in total. The number of rotatable bonds is 3. The summed E-state index contributed by atoms with van der Waals surface area (Å²) in [7, 11) is 1.71. The van der Waals surface area contributed by atoms with E-state index in [9.17, 15) is 9.59 Å². The number of hydrogen-bond donors (Lipinski definition) is 1. The highest BCUT2D eigenvalue weighted by molar-refractivity contribution is 6.01. The van der Waals surface area contributed by atoms with E-state index in [2.05, 4.69) is 11.9 Å². The van der Waals surface area contributed by atoms with Crippen LogP contribution in [0.5, 0.6) is 0 Å². The van der Waals surface area contributed by atoms with Gasteiger partial charge in [0, 0.05) is 20.1 Å². The molecule has 4 nitrogen and oxygen atoms in total. The van der Waals surface area contributed by atoms with E-state index in [0.717, 1.165) is 0 Å². The number of hydrogen-bond acceptors (Lipinski definition) is 2. The van der Waals surface area contributed by atoms with Gasteiger partial charge in [0.15, 0.2) is 0 Å². The molecule has 72 valence electrons. The van der Waals surface area contributed by atoms with E-state index >= 15 is 0 Å². The minimum atomic E-state index is -0.482. The molecule has 1 unspecified atom stereocenters. The van der Waals surface area contributed by atoms with Crippen molar-refractivity contribution in [2.24, 2.45) is 5.92 Å². The molecule has 0 aromatic rings. The number of carbonyl (C=O) groups is 2. The van der Waals surface area contributed by atoms with Crippen LogP contribution in [0.3, 0.4) is 0 Å². The topological polar surface area (TPSA) is 49.4 Å². The fraction of sp³-hybridized carbons (Fsp3) is 0.556. The van der Waals surface area contributed by atoms with Gasteiger partial charge >= 0.3 is 0 Å². The smallest absolute Gasteiger partial charge is 0.234 e. The molecule has 4 heteroatoms. The predicted molar refractivity (Wildman–Crippen MR) is 49.0 cm³/mol. The molecule has 1 fully saturated rings.